The molecule has 0 saturated heterocycles. The third-order valence-corrected chi connectivity index (χ3v) is 3.66. The van der Waals surface area contributed by atoms with Crippen LogP contribution >= 0.6 is 0 Å². The van der Waals surface area contributed by atoms with Crippen molar-refractivity contribution >= 4 is 22.8 Å². The Hall–Kier alpha value is -2.76. The van der Waals surface area contributed by atoms with E-state index in [4.69, 9.17) is 0 Å². The van der Waals surface area contributed by atoms with Crippen LogP contribution < -0.4 is 0 Å². The van der Waals surface area contributed by atoms with Crippen LogP contribution in [0.15, 0.2) is 53.5 Å². The largest absolute Gasteiger partial charge is 0.494 e. The lowest BCUT2D eigenvalue weighted by molar-refractivity contribution is -0.137. The SMILES string of the molecule is Cn1c(O)c(C=Nc2ccccc2C(F)(F)F)c2ccccc21. The van der Waals surface area contributed by atoms with Crippen LogP contribution in [0.1, 0.15) is 11.1 Å². The average Bonchev–Trinajstić information content (AvgIpc) is 2.77. The number of alkyl halides is 3. The van der Waals surface area contributed by atoms with Crippen molar-refractivity contribution in [1.82, 2.24) is 4.57 Å². The number of halogens is 3. The van der Waals surface area contributed by atoms with Crippen molar-refractivity contribution in [2.45, 2.75) is 6.18 Å². The maximum atomic E-state index is 13.0. The molecule has 1 heterocycles. The van der Waals surface area contributed by atoms with Crippen LogP contribution in [0.2, 0.25) is 0 Å². The third-order valence-electron chi connectivity index (χ3n) is 3.66. The molecule has 23 heavy (non-hydrogen) atoms. The first-order chi connectivity index (χ1) is 10.9. The van der Waals surface area contributed by atoms with Crippen molar-refractivity contribution < 1.29 is 18.3 Å². The van der Waals surface area contributed by atoms with Gasteiger partial charge in [-0.3, -0.25) is 4.99 Å². The molecule has 1 N–H and O–H groups in total. The molecule has 0 aliphatic carbocycles. The van der Waals surface area contributed by atoms with Gasteiger partial charge in [0.1, 0.15) is 0 Å². The van der Waals surface area contributed by atoms with Crippen LogP contribution in [-0.4, -0.2) is 15.9 Å². The first kappa shape index (κ1) is 15.1. The summed E-state index contributed by atoms with van der Waals surface area (Å²) in [7, 11) is 1.68. The fraction of sp³-hybridized carbons (Fsp3) is 0.118. The molecule has 3 rings (SSSR count). The van der Waals surface area contributed by atoms with Gasteiger partial charge in [0, 0.05) is 18.6 Å². The molecule has 118 valence electrons. The minimum absolute atomic E-state index is 0.0422. The first-order valence-electron chi connectivity index (χ1n) is 6.86. The van der Waals surface area contributed by atoms with E-state index in [1.54, 1.807) is 23.7 Å². The molecular formula is C17H13F3N2O. The lowest BCUT2D eigenvalue weighted by atomic mass is 10.1. The Morgan fingerprint density at radius 1 is 1.04 bits per heavy atom. The van der Waals surface area contributed by atoms with E-state index in [0.29, 0.717) is 5.56 Å². The number of rotatable bonds is 2. The standard InChI is InChI=1S/C17H13F3N2O/c1-22-15-9-5-2-6-11(15)12(16(22)23)10-21-14-8-4-3-7-13(14)17(18,19)20/h2-10,23H,1H3. The molecule has 0 aliphatic rings. The van der Waals surface area contributed by atoms with Gasteiger partial charge in [0.2, 0.25) is 5.88 Å². The van der Waals surface area contributed by atoms with E-state index in [2.05, 4.69) is 4.99 Å². The molecule has 0 unspecified atom stereocenters. The molecule has 3 aromatic rings. The summed E-state index contributed by atoms with van der Waals surface area (Å²) in [6, 6.07) is 12.3. The molecule has 0 saturated carbocycles. The summed E-state index contributed by atoms with van der Waals surface area (Å²) in [6.07, 6.45) is -3.21. The number of nitrogens with zero attached hydrogens (tertiary/aromatic N) is 2. The molecule has 2 aromatic carbocycles. The molecule has 0 radical (unpaired) electrons. The maximum Gasteiger partial charge on any atom is 0.418 e. The van der Waals surface area contributed by atoms with Gasteiger partial charge < -0.3 is 9.67 Å². The van der Waals surface area contributed by atoms with Crippen LogP contribution in [0.3, 0.4) is 0 Å². The third kappa shape index (κ3) is 2.67. The second kappa shape index (κ2) is 5.46. The van der Waals surface area contributed by atoms with Crippen molar-refractivity contribution in [2.75, 3.05) is 0 Å². The van der Waals surface area contributed by atoms with Crippen LogP contribution in [0, 0.1) is 0 Å². The lowest BCUT2D eigenvalue weighted by Gasteiger charge is -2.08. The van der Waals surface area contributed by atoms with Crippen LogP contribution in [0.5, 0.6) is 5.88 Å². The van der Waals surface area contributed by atoms with Gasteiger partial charge in [-0.2, -0.15) is 13.2 Å². The second-order valence-corrected chi connectivity index (χ2v) is 5.09. The summed E-state index contributed by atoms with van der Waals surface area (Å²) >= 11 is 0. The highest BCUT2D eigenvalue weighted by Crippen LogP contribution is 2.36. The summed E-state index contributed by atoms with van der Waals surface area (Å²) < 4.78 is 40.5. The molecule has 0 aliphatic heterocycles. The lowest BCUT2D eigenvalue weighted by Crippen LogP contribution is -2.04. The van der Waals surface area contributed by atoms with Gasteiger partial charge >= 0.3 is 6.18 Å². The molecular weight excluding hydrogens is 305 g/mol. The zero-order valence-electron chi connectivity index (χ0n) is 12.2. The van der Waals surface area contributed by atoms with Crippen molar-refractivity contribution in [3.63, 3.8) is 0 Å². The Kier molecular flexibility index (Phi) is 3.60. The maximum absolute atomic E-state index is 13.0. The number of aromatic nitrogens is 1. The Bertz CT molecular complexity index is 894. The normalized spacial score (nSPS) is 12.3. The molecule has 0 amide bonds. The van der Waals surface area contributed by atoms with E-state index in [-0.39, 0.29) is 11.6 Å². The van der Waals surface area contributed by atoms with Crippen molar-refractivity contribution in [3.8, 4) is 5.88 Å². The van der Waals surface area contributed by atoms with Crippen LogP contribution in [0.25, 0.3) is 10.9 Å². The fourth-order valence-electron chi connectivity index (χ4n) is 2.50. The summed E-state index contributed by atoms with van der Waals surface area (Å²) in [4.78, 5) is 3.95. The van der Waals surface area contributed by atoms with Crippen molar-refractivity contribution in [1.29, 1.82) is 0 Å². The quantitative estimate of drug-likeness (QED) is 0.686. The predicted octanol–water partition coefficient (Wildman–Crippen LogP) is 4.65. The topological polar surface area (TPSA) is 37.5 Å². The second-order valence-electron chi connectivity index (χ2n) is 5.09. The van der Waals surface area contributed by atoms with E-state index >= 15 is 0 Å². The number of hydrogen-bond acceptors (Lipinski definition) is 2. The molecule has 6 heteroatoms. The van der Waals surface area contributed by atoms with Gasteiger partial charge in [0.05, 0.1) is 22.3 Å². The van der Waals surface area contributed by atoms with Gasteiger partial charge in [-0.25, -0.2) is 0 Å². The molecule has 0 fully saturated rings. The average molecular weight is 318 g/mol. The number of aryl methyl sites for hydroxylation is 1. The Labute approximate surface area is 130 Å². The highest BCUT2D eigenvalue weighted by atomic mass is 19.4. The number of aliphatic imine (C=N–C) groups is 1. The molecule has 3 nitrogen and oxygen atoms in total. The van der Waals surface area contributed by atoms with Crippen LogP contribution in [0.4, 0.5) is 18.9 Å². The van der Waals surface area contributed by atoms with E-state index in [9.17, 15) is 18.3 Å². The Morgan fingerprint density at radius 3 is 2.43 bits per heavy atom. The van der Waals surface area contributed by atoms with E-state index in [1.165, 1.54) is 24.4 Å². The van der Waals surface area contributed by atoms with Crippen molar-refractivity contribution in [3.05, 3.63) is 59.7 Å². The van der Waals surface area contributed by atoms with Gasteiger partial charge in [0.15, 0.2) is 0 Å². The predicted molar refractivity (Wildman–Crippen MR) is 83.3 cm³/mol. The summed E-state index contributed by atoms with van der Waals surface area (Å²) in [5.41, 5.74) is 0.166. The summed E-state index contributed by atoms with van der Waals surface area (Å²) in [6.45, 7) is 0. The minimum atomic E-state index is -4.48. The fourth-order valence-corrected chi connectivity index (χ4v) is 2.50. The van der Waals surface area contributed by atoms with Crippen molar-refractivity contribution in [2.24, 2.45) is 12.0 Å². The number of aromatic hydroxyl groups is 1. The number of hydrogen-bond donors (Lipinski definition) is 1. The summed E-state index contributed by atoms with van der Waals surface area (Å²) in [5, 5.41) is 10.9. The Balaban J connectivity index is 2.11. The highest BCUT2D eigenvalue weighted by Gasteiger charge is 2.33. The van der Waals surface area contributed by atoms with E-state index < -0.39 is 11.7 Å². The number of benzene rings is 2. The molecule has 1 aromatic heterocycles. The van der Waals surface area contributed by atoms with E-state index in [0.717, 1.165) is 17.0 Å². The minimum Gasteiger partial charge on any atom is -0.494 e. The molecule has 0 atom stereocenters. The highest BCUT2D eigenvalue weighted by molar-refractivity contribution is 6.03. The smallest absolute Gasteiger partial charge is 0.418 e. The van der Waals surface area contributed by atoms with Crippen LogP contribution in [-0.2, 0) is 13.2 Å². The van der Waals surface area contributed by atoms with Gasteiger partial charge in [-0.1, -0.05) is 30.3 Å². The number of para-hydroxylation sites is 2. The zero-order chi connectivity index (χ0) is 16.6. The first-order valence-corrected chi connectivity index (χ1v) is 6.86. The summed E-state index contributed by atoms with van der Waals surface area (Å²) in [5.74, 6) is -0.0422. The zero-order valence-corrected chi connectivity index (χ0v) is 12.2. The van der Waals surface area contributed by atoms with Gasteiger partial charge in [0.25, 0.3) is 0 Å². The molecule has 0 bridgehead atoms. The number of fused-ring (bicyclic) bond motifs is 1. The monoisotopic (exact) mass is 318 g/mol. The van der Waals surface area contributed by atoms with Gasteiger partial charge in [-0.15, -0.1) is 0 Å². The van der Waals surface area contributed by atoms with E-state index in [1.807, 2.05) is 12.1 Å². The molecule has 0 spiro atoms. The van der Waals surface area contributed by atoms with Gasteiger partial charge in [-0.05, 0) is 18.2 Å². The Morgan fingerprint density at radius 2 is 1.70 bits per heavy atom.